The van der Waals surface area contributed by atoms with Crippen LogP contribution in [0.2, 0.25) is 5.02 Å². The minimum atomic E-state index is 0. The molecule has 0 N–H and O–H groups in total. The molecule has 0 atom stereocenters. The molecule has 0 aliphatic heterocycles. The number of pyridine rings is 1. The Balaban J connectivity index is 0.00000133. The third-order valence-electron chi connectivity index (χ3n) is 2.85. The normalized spacial score (nSPS) is 10.4. The van der Waals surface area contributed by atoms with Gasteiger partial charge < -0.3 is 28.4 Å². The summed E-state index contributed by atoms with van der Waals surface area (Å²) < 4.78 is 7.79. The monoisotopic (exact) mass is 386 g/mol. The topological polar surface area (TPSA) is 29.9 Å². The highest BCUT2D eigenvalue weighted by molar-refractivity contribution is 6.31. The van der Waals surface area contributed by atoms with Crippen molar-refractivity contribution in [3.63, 3.8) is 0 Å². The summed E-state index contributed by atoms with van der Waals surface area (Å²) in [6.07, 6.45) is 4.02. The van der Waals surface area contributed by atoms with E-state index in [1.54, 1.807) is 12.1 Å². The first-order valence-electron chi connectivity index (χ1n) is 5.82. The van der Waals surface area contributed by atoms with Crippen molar-refractivity contribution in [3.8, 4) is 11.5 Å². The maximum absolute atomic E-state index is 5.93. The summed E-state index contributed by atoms with van der Waals surface area (Å²) >= 11 is 5.93. The Bertz CT molecular complexity index is 694. The van der Waals surface area contributed by atoms with Gasteiger partial charge in [-0.2, -0.15) is 0 Å². The lowest BCUT2D eigenvalue weighted by Gasteiger charge is -1.93. The summed E-state index contributed by atoms with van der Waals surface area (Å²) in [5.41, 5.74) is 2.50. The van der Waals surface area contributed by atoms with Gasteiger partial charge in [-0.15, -0.1) is 0 Å². The molecular formula is C14H12ClIN2O. The van der Waals surface area contributed by atoms with Crippen molar-refractivity contribution in [2.75, 3.05) is 0 Å². The van der Waals surface area contributed by atoms with Crippen molar-refractivity contribution in [3.05, 3.63) is 47.7 Å². The molecule has 0 unspecified atom stereocenters. The first-order chi connectivity index (χ1) is 8.76. The second kappa shape index (κ2) is 5.88. The zero-order chi connectivity index (χ0) is 12.5. The van der Waals surface area contributed by atoms with Gasteiger partial charge in [0.1, 0.15) is 12.1 Å². The molecule has 0 spiro atoms. The molecule has 3 rings (SSSR count). The second-order valence-corrected chi connectivity index (χ2v) is 4.48. The molecule has 5 heteroatoms. The molecule has 19 heavy (non-hydrogen) atoms. The van der Waals surface area contributed by atoms with Crippen LogP contribution in [0, 0.1) is 0 Å². The van der Waals surface area contributed by atoms with Gasteiger partial charge in [-0.1, -0.05) is 11.6 Å². The lowest BCUT2D eigenvalue weighted by Crippen LogP contribution is -3.00. The fourth-order valence-corrected chi connectivity index (χ4v) is 2.00. The number of benzene rings is 1. The Labute approximate surface area is 133 Å². The molecule has 0 fully saturated rings. The summed E-state index contributed by atoms with van der Waals surface area (Å²) in [5, 5.41) is 0.666. The van der Waals surface area contributed by atoms with Crippen LogP contribution in [0.3, 0.4) is 0 Å². The average Bonchev–Trinajstić information content (AvgIpc) is 2.81. The Kier molecular flexibility index (Phi) is 4.42. The maximum atomic E-state index is 5.93. The summed E-state index contributed by atoms with van der Waals surface area (Å²) in [6.45, 7) is 3.05. The number of hydrogen-bond acceptors (Lipinski definition) is 2. The number of aryl methyl sites for hydroxylation is 1. The van der Waals surface area contributed by atoms with E-state index in [-0.39, 0.29) is 24.0 Å². The van der Waals surface area contributed by atoms with Crippen LogP contribution < -0.4 is 28.5 Å². The highest BCUT2D eigenvalue weighted by atomic mass is 127. The summed E-state index contributed by atoms with van der Waals surface area (Å²) in [5.74, 6) is 0.621. The third-order valence-corrected chi connectivity index (χ3v) is 3.09. The molecule has 0 saturated heterocycles. The fourth-order valence-electron chi connectivity index (χ4n) is 1.83. The number of fused-ring (bicyclic) bond motifs is 1. The molecule has 2 aromatic heterocycles. The van der Waals surface area contributed by atoms with E-state index in [1.807, 2.05) is 30.6 Å². The van der Waals surface area contributed by atoms with E-state index >= 15 is 0 Å². The lowest BCUT2D eigenvalue weighted by molar-refractivity contribution is -0.693. The van der Waals surface area contributed by atoms with Gasteiger partial charge in [-0.3, -0.25) is 0 Å². The van der Waals surface area contributed by atoms with Crippen LogP contribution in [-0.2, 0) is 6.54 Å². The van der Waals surface area contributed by atoms with Crippen molar-refractivity contribution in [2.45, 2.75) is 13.5 Å². The van der Waals surface area contributed by atoms with Crippen LogP contribution in [0.25, 0.3) is 22.6 Å². The third kappa shape index (κ3) is 2.90. The average molecular weight is 387 g/mol. The maximum Gasteiger partial charge on any atom is 0.227 e. The molecule has 3 aromatic rings. The molecule has 0 aliphatic rings. The minimum Gasteiger partial charge on any atom is -1.00 e. The minimum absolute atomic E-state index is 0. The first kappa shape index (κ1) is 14.3. The summed E-state index contributed by atoms with van der Waals surface area (Å²) in [4.78, 5) is 4.44. The number of oxazole rings is 1. The first-order valence-corrected chi connectivity index (χ1v) is 6.19. The molecule has 3 nitrogen and oxygen atoms in total. The molecule has 0 saturated carbocycles. The van der Waals surface area contributed by atoms with Crippen LogP contribution >= 0.6 is 11.6 Å². The van der Waals surface area contributed by atoms with Gasteiger partial charge in [0.05, 0.1) is 0 Å². The Morgan fingerprint density at radius 2 is 1.95 bits per heavy atom. The molecule has 2 heterocycles. The van der Waals surface area contributed by atoms with Crippen molar-refractivity contribution in [1.29, 1.82) is 0 Å². The Hall–Kier alpha value is -1.14. The largest absolute Gasteiger partial charge is 1.00 e. The standard InChI is InChI=1S/C14H12ClN2O.HI/c1-2-17-7-5-10(6-8-17)14-16-12-9-11(15)3-4-13(12)18-14;/h3-9H,2H2,1H3;1H/q+1;/p-1. The van der Waals surface area contributed by atoms with E-state index in [0.29, 0.717) is 10.9 Å². The second-order valence-electron chi connectivity index (χ2n) is 4.05. The predicted molar refractivity (Wildman–Crippen MR) is 70.3 cm³/mol. The Morgan fingerprint density at radius 3 is 2.63 bits per heavy atom. The number of hydrogen-bond donors (Lipinski definition) is 0. The van der Waals surface area contributed by atoms with Crippen LogP contribution in [0.15, 0.2) is 47.1 Å². The highest BCUT2D eigenvalue weighted by Crippen LogP contribution is 2.25. The zero-order valence-corrected chi connectivity index (χ0v) is 13.2. The van der Waals surface area contributed by atoms with Crippen LogP contribution in [0.1, 0.15) is 6.92 Å². The van der Waals surface area contributed by atoms with Crippen molar-refractivity contribution in [1.82, 2.24) is 4.98 Å². The predicted octanol–water partition coefficient (Wildman–Crippen LogP) is 0.460. The highest BCUT2D eigenvalue weighted by Gasteiger charge is 2.09. The zero-order valence-electron chi connectivity index (χ0n) is 10.3. The smallest absolute Gasteiger partial charge is 0.227 e. The Morgan fingerprint density at radius 1 is 1.21 bits per heavy atom. The van der Waals surface area contributed by atoms with Crippen LogP contribution in [0.5, 0.6) is 0 Å². The van der Waals surface area contributed by atoms with E-state index in [1.165, 1.54) is 0 Å². The molecule has 0 bridgehead atoms. The molecular weight excluding hydrogens is 375 g/mol. The van der Waals surface area contributed by atoms with Crippen molar-refractivity contribution < 1.29 is 33.0 Å². The number of halogens is 2. The molecule has 1 aromatic carbocycles. The van der Waals surface area contributed by atoms with Gasteiger partial charge in [0, 0.05) is 22.7 Å². The van der Waals surface area contributed by atoms with Crippen LogP contribution in [-0.4, -0.2) is 4.98 Å². The summed E-state index contributed by atoms with van der Waals surface area (Å²) in [7, 11) is 0. The molecule has 0 radical (unpaired) electrons. The number of aromatic nitrogens is 2. The number of rotatable bonds is 2. The van der Waals surface area contributed by atoms with Gasteiger partial charge in [0.15, 0.2) is 18.0 Å². The van der Waals surface area contributed by atoms with Gasteiger partial charge in [0.2, 0.25) is 5.89 Å². The van der Waals surface area contributed by atoms with E-state index in [9.17, 15) is 0 Å². The quantitative estimate of drug-likeness (QED) is 0.473. The molecule has 0 amide bonds. The SMILES string of the molecule is CC[n+]1ccc(-c2nc3cc(Cl)ccc3o2)cc1.[I-]. The lowest BCUT2D eigenvalue weighted by atomic mass is 10.2. The van der Waals surface area contributed by atoms with Gasteiger partial charge in [-0.05, 0) is 25.1 Å². The van der Waals surface area contributed by atoms with Crippen molar-refractivity contribution >= 4 is 22.7 Å². The van der Waals surface area contributed by atoms with E-state index < -0.39 is 0 Å². The summed E-state index contributed by atoms with van der Waals surface area (Å²) in [6, 6.07) is 9.43. The fraction of sp³-hybridized carbons (Fsp3) is 0.143. The van der Waals surface area contributed by atoms with Gasteiger partial charge in [0.25, 0.3) is 0 Å². The molecule has 0 aliphatic carbocycles. The van der Waals surface area contributed by atoms with E-state index in [4.69, 9.17) is 16.0 Å². The number of nitrogens with zero attached hydrogens (tertiary/aromatic N) is 2. The van der Waals surface area contributed by atoms with Crippen molar-refractivity contribution in [2.24, 2.45) is 0 Å². The molecule has 98 valence electrons. The van der Waals surface area contributed by atoms with E-state index in [0.717, 1.165) is 23.2 Å². The van der Waals surface area contributed by atoms with Gasteiger partial charge >= 0.3 is 0 Å². The van der Waals surface area contributed by atoms with Gasteiger partial charge in [-0.25, -0.2) is 9.55 Å². The van der Waals surface area contributed by atoms with Crippen LogP contribution in [0.4, 0.5) is 0 Å². The van der Waals surface area contributed by atoms with E-state index in [2.05, 4.69) is 16.5 Å².